The van der Waals surface area contributed by atoms with Crippen LogP contribution in [-0.4, -0.2) is 213 Å². The molecule has 0 aromatic carbocycles. The maximum atomic E-state index is 11.9. The van der Waals surface area contributed by atoms with Gasteiger partial charge in [-0.05, 0) is 116 Å². The van der Waals surface area contributed by atoms with E-state index in [9.17, 15) is 48.3 Å². The van der Waals surface area contributed by atoms with Gasteiger partial charge in [-0.15, -0.1) is 0 Å². The van der Waals surface area contributed by atoms with Crippen LogP contribution >= 0.6 is 0 Å². The Bertz CT molecular complexity index is 1580. The number of hydrogen-bond acceptors (Lipinski definition) is 31. The fraction of sp³-hybridized carbons (Fsp3) is 0.883. The molecule has 0 saturated heterocycles. The summed E-state index contributed by atoms with van der Waals surface area (Å²) in [4.78, 5) is 102. The van der Waals surface area contributed by atoms with Crippen LogP contribution in [0.1, 0.15) is 365 Å². The van der Waals surface area contributed by atoms with Gasteiger partial charge >= 0.3 is 73.2 Å². The van der Waals surface area contributed by atoms with Crippen molar-refractivity contribution in [3.63, 3.8) is 0 Å². The number of hydrogen-bond donors (Lipinski definition) is 13. The molecule has 0 bridgehead atoms. The molecule has 0 atom stereocenters. The lowest BCUT2D eigenvalue weighted by atomic mass is 10.2. The Hall–Kier alpha value is -5.29. The van der Waals surface area contributed by atoms with Gasteiger partial charge in [-0.2, -0.15) is 0 Å². The zero-order valence-corrected chi connectivity index (χ0v) is 52.6. The predicted molar refractivity (Wildman–Crippen MR) is 436 cm³/mol. The van der Waals surface area contributed by atoms with Crippen LogP contribution < -0.4 is 0 Å². The maximum absolute atomic E-state index is 11.9. The summed E-state index contributed by atoms with van der Waals surface area (Å²) in [6.45, 7) is -5.69. The molecule has 0 aromatic heterocycles. The Kier molecular flexibility index (Phi) is 212. The van der Waals surface area contributed by atoms with Crippen LogP contribution in [0.5, 0.6) is 0 Å². The van der Waals surface area contributed by atoms with Gasteiger partial charge in [-0.3, -0.25) is 43.2 Å². The zero-order chi connectivity index (χ0) is 68.5. The van der Waals surface area contributed by atoms with Gasteiger partial charge in [-0.25, -0.2) is 0 Å². The Morgan fingerprint density at radius 1 is 0.194 bits per heavy atom. The van der Waals surface area contributed by atoms with E-state index in [1.807, 2.05) is 0 Å². The van der Waals surface area contributed by atoms with Crippen molar-refractivity contribution in [1.29, 1.82) is 0 Å². The molecule has 31 nitrogen and oxygen atoms in total. The molecule has 0 spiro atoms. The molecule has 0 saturated carbocycles. The highest BCUT2D eigenvalue weighted by Crippen LogP contribution is 2.12. The first-order valence-electron chi connectivity index (χ1n) is 31.1. The first-order valence-corrected chi connectivity index (χ1v) is 31.1. The summed E-state index contributed by atoms with van der Waals surface area (Å²) in [7, 11) is 0. The topological polar surface area (TPSA) is 500 Å². The number of ether oxygens (including phenoxy) is 9. The van der Waals surface area contributed by atoms with E-state index < -0.39 is 74.0 Å². The average molecular weight is 1600 g/mol. The summed E-state index contributed by atoms with van der Waals surface area (Å²) in [6.07, 6.45) is 18.6. The van der Waals surface area contributed by atoms with E-state index in [0.29, 0.717) is 154 Å². The monoisotopic (exact) mass is 1600 g/mol. The highest BCUT2D eigenvalue weighted by molar-refractivity contribution is 5.74. The van der Waals surface area contributed by atoms with Gasteiger partial charge in [-0.1, -0.05) is 191 Å². The van der Waals surface area contributed by atoms with Gasteiger partial charge in [0.25, 0.3) is 0 Å². The Morgan fingerprint density at radius 3 is 0.519 bits per heavy atom. The molecule has 0 fully saturated rings. The van der Waals surface area contributed by atoms with Crippen LogP contribution in [0.2, 0.25) is 0 Å². The summed E-state index contributed by atoms with van der Waals surface area (Å²) in [5.74, 6) is -5.10. The normalized spacial score (nSPS) is 8.67. The highest BCUT2D eigenvalue weighted by Gasteiger charge is 2.23. The molecular weight excluding hydrogens is 1420 g/mol. The van der Waals surface area contributed by atoms with E-state index >= 15 is 0 Å². The minimum Gasteiger partial charge on any atom is -0.439 e. The first kappa shape index (κ1) is 167. The second-order valence-electron chi connectivity index (χ2n) is 19.5. The van der Waals surface area contributed by atoms with Crippen molar-refractivity contribution in [2.24, 2.45) is 0 Å². The standard InChI is InChI=1S/C19H34O9.C13H24O7.C13H24O6.C7H14O5.C7H14O4.18CH4/c20-13-7-1-4-10-16(23)26-19(27-17(24)11-5-2-8-14-21)28-18(25)12-6-3-9-15-22;14-9-5-1-3-7-11(16)19-13(18)20-12(17)8-4-2-6-10-15;14-9-5-1-3-7-12(16)18-11-19-13(17)8-4-2-6-10-15;8-5-3-1-2-4-6(9)12-7(10)11;8-5-3-1-2-4-7(10)11-6-9;;;;;;;;;;;;;;;;;;/h19-22H,1-15H2;13-15,18H,1-10H2;14-15H,1-11H2;7-8,10-11H,1-5H2;8-9H,1-6H2;18*1H4. The lowest BCUT2D eigenvalue weighted by Crippen LogP contribution is -2.29. The van der Waals surface area contributed by atoms with Gasteiger partial charge < -0.3 is 109 Å². The number of unbranched alkanes of at least 4 members (excludes halogenated alkanes) is 18. The van der Waals surface area contributed by atoms with Crippen molar-refractivity contribution < 1.29 is 152 Å². The van der Waals surface area contributed by atoms with Crippen LogP contribution in [-0.2, 0) is 85.8 Å². The fourth-order valence-corrected chi connectivity index (χ4v) is 6.58. The van der Waals surface area contributed by atoms with E-state index in [1.165, 1.54) is 0 Å². The Morgan fingerprint density at radius 2 is 0.352 bits per heavy atom. The molecule has 0 radical (unpaired) electrons. The number of carbonyl (C=O) groups excluding carboxylic acids is 9. The Labute approximate surface area is 660 Å². The van der Waals surface area contributed by atoms with Gasteiger partial charge in [0.15, 0.2) is 6.79 Å². The van der Waals surface area contributed by atoms with Gasteiger partial charge in [0, 0.05) is 117 Å². The Balaban J connectivity index is -0.0000000394. The zero-order valence-electron chi connectivity index (χ0n) is 52.6. The van der Waals surface area contributed by atoms with Crippen molar-refractivity contribution in [2.75, 3.05) is 73.0 Å². The molecule has 0 aromatic rings. The van der Waals surface area contributed by atoms with Crippen molar-refractivity contribution >= 4 is 53.7 Å². The second-order valence-corrected chi connectivity index (χ2v) is 19.5. The summed E-state index contributed by atoms with van der Waals surface area (Å²) in [5, 5.41) is 111. The van der Waals surface area contributed by atoms with Crippen LogP contribution in [0.25, 0.3) is 0 Å². The molecular formula is C77H182O31. The van der Waals surface area contributed by atoms with Crippen molar-refractivity contribution in [3.05, 3.63) is 0 Å². The average Bonchev–Trinajstić information content (AvgIpc) is 0.930. The minimum atomic E-state index is -2.02. The molecule has 0 aliphatic heterocycles. The van der Waals surface area contributed by atoms with Crippen molar-refractivity contribution in [3.8, 4) is 0 Å². The molecule has 0 amide bonds. The second kappa shape index (κ2) is 137. The van der Waals surface area contributed by atoms with E-state index in [1.54, 1.807) is 0 Å². The molecule has 0 aliphatic rings. The van der Waals surface area contributed by atoms with E-state index in [0.717, 1.165) is 25.7 Å². The minimum absolute atomic E-state index is 0. The molecule has 0 aliphatic carbocycles. The summed E-state index contributed by atoms with van der Waals surface area (Å²) >= 11 is 0. The number of esters is 9. The quantitative estimate of drug-likeness (QED) is 0.0116. The molecule has 108 heavy (non-hydrogen) atoms. The lowest BCUT2D eigenvalue weighted by Gasteiger charge is -2.18. The molecule has 0 unspecified atom stereocenters. The molecule has 0 rings (SSSR count). The summed E-state index contributed by atoms with van der Waals surface area (Å²) < 4.78 is 41.7. The summed E-state index contributed by atoms with van der Waals surface area (Å²) in [6, 6.07) is 0. The molecule has 676 valence electrons. The van der Waals surface area contributed by atoms with Crippen LogP contribution in [0.15, 0.2) is 0 Å². The largest absolute Gasteiger partial charge is 0.439 e. The van der Waals surface area contributed by atoms with Gasteiger partial charge in [0.1, 0.15) is 0 Å². The van der Waals surface area contributed by atoms with Gasteiger partial charge in [0.05, 0.1) is 0 Å². The van der Waals surface area contributed by atoms with Crippen LogP contribution in [0, 0.1) is 0 Å². The third-order valence-corrected chi connectivity index (χ3v) is 11.4. The summed E-state index contributed by atoms with van der Waals surface area (Å²) in [5.41, 5.74) is 0. The fourth-order valence-electron chi connectivity index (χ4n) is 6.58. The predicted octanol–water partition coefficient (Wildman–Crippen LogP) is 14.0. The molecule has 0 heterocycles. The van der Waals surface area contributed by atoms with Crippen molar-refractivity contribution in [2.45, 2.75) is 384 Å². The maximum Gasteiger partial charge on any atom is 0.412 e. The third kappa shape index (κ3) is 150. The van der Waals surface area contributed by atoms with Crippen molar-refractivity contribution in [1.82, 2.24) is 0 Å². The number of carbonyl (C=O) groups is 9. The molecule has 13 N–H and O–H groups in total. The number of rotatable bonds is 54. The highest BCUT2D eigenvalue weighted by atomic mass is 16.9. The van der Waals surface area contributed by atoms with E-state index in [2.05, 4.69) is 18.9 Å². The van der Waals surface area contributed by atoms with Gasteiger partial charge in [0.2, 0.25) is 6.79 Å². The number of aliphatic hydroxyl groups is 13. The van der Waals surface area contributed by atoms with Crippen LogP contribution in [0.3, 0.4) is 0 Å². The van der Waals surface area contributed by atoms with Crippen LogP contribution in [0.4, 0.5) is 0 Å². The molecule has 31 heteroatoms. The number of aliphatic hydroxyl groups excluding tert-OH is 12. The smallest absolute Gasteiger partial charge is 0.412 e. The SMILES string of the molecule is C.C.C.C.C.C.C.C.C.C.C.C.C.C.C.C.C.C.O=C(CCCCCO)OC(O)O.O=C(CCCCCO)OC(O)OC(=O)CCCCCO.O=C(CCCCCO)OC(OC(=O)CCCCCO)OC(=O)CCCCCO.O=C(CCCCCO)OCO.O=C(CCCCCO)OCOC(=O)CCCCCO. The lowest BCUT2D eigenvalue weighted by molar-refractivity contribution is -0.258. The first-order chi connectivity index (χ1) is 43.3. The van der Waals surface area contributed by atoms with E-state index in [4.69, 9.17) is 85.0 Å². The third-order valence-electron chi connectivity index (χ3n) is 11.4. The van der Waals surface area contributed by atoms with E-state index in [-0.39, 0.29) is 257 Å².